The van der Waals surface area contributed by atoms with Crippen LogP contribution in [-0.2, 0) is 17.1 Å². The maximum atomic E-state index is 12.8. The Morgan fingerprint density at radius 3 is 2.70 bits per heavy atom. The summed E-state index contributed by atoms with van der Waals surface area (Å²) in [4.78, 5) is 25.4. The molecule has 0 bridgehead atoms. The highest BCUT2D eigenvalue weighted by Crippen LogP contribution is 2.26. The fourth-order valence-electron chi connectivity index (χ4n) is 2.90. The smallest absolute Gasteiger partial charge is 0.252 e. The number of hydrogen-bond donors (Lipinski definition) is 2. The lowest BCUT2D eigenvalue weighted by atomic mass is 10.1. The van der Waals surface area contributed by atoms with Crippen molar-refractivity contribution in [2.75, 3.05) is 5.32 Å². The molecule has 0 aliphatic carbocycles. The van der Waals surface area contributed by atoms with Crippen molar-refractivity contribution in [3.8, 4) is 0 Å². The third-order valence-corrected chi connectivity index (χ3v) is 5.42. The molecule has 0 radical (unpaired) electrons. The number of benzene rings is 2. The van der Waals surface area contributed by atoms with Crippen LogP contribution >= 0.6 is 11.8 Å². The average Bonchev–Trinajstić information content (AvgIpc) is 3.16. The van der Waals surface area contributed by atoms with Gasteiger partial charge in [0.1, 0.15) is 5.76 Å². The molecule has 30 heavy (non-hydrogen) atoms. The van der Waals surface area contributed by atoms with Gasteiger partial charge in [0.05, 0.1) is 17.0 Å². The van der Waals surface area contributed by atoms with Gasteiger partial charge in [0, 0.05) is 29.6 Å². The number of carbonyl (C=O) groups is 2. The molecule has 1 aromatic heterocycles. The first-order valence-corrected chi connectivity index (χ1v) is 10.8. The van der Waals surface area contributed by atoms with Gasteiger partial charge < -0.3 is 15.2 Å². The standard InChI is InChI=1S/C23H25N3O3S/c1-3-7-22(27)25-18-9-6-8-17(13-18)14-24-23(28)20-10-4-5-11-21(20)30-15-19-12-16(2)26-29-19/h4-6,8-13H,3,7,14-15H2,1-2H3,(H,24,28)(H,25,27). The second kappa shape index (κ2) is 10.6. The second-order valence-corrected chi connectivity index (χ2v) is 7.92. The summed E-state index contributed by atoms with van der Waals surface area (Å²) in [6.07, 6.45) is 1.29. The van der Waals surface area contributed by atoms with E-state index in [9.17, 15) is 9.59 Å². The number of anilines is 1. The molecule has 0 aliphatic rings. The molecule has 1 heterocycles. The van der Waals surface area contributed by atoms with E-state index in [1.54, 1.807) is 0 Å². The minimum Gasteiger partial charge on any atom is -0.360 e. The fourth-order valence-corrected chi connectivity index (χ4v) is 3.83. The predicted octanol–water partition coefficient (Wildman–Crippen LogP) is 4.94. The lowest BCUT2D eigenvalue weighted by molar-refractivity contribution is -0.116. The van der Waals surface area contributed by atoms with Gasteiger partial charge >= 0.3 is 0 Å². The third kappa shape index (κ3) is 6.22. The maximum absolute atomic E-state index is 12.8. The van der Waals surface area contributed by atoms with Crippen LogP contribution in [0.15, 0.2) is 64.0 Å². The highest BCUT2D eigenvalue weighted by atomic mass is 32.2. The van der Waals surface area contributed by atoms with Crippen LogP contribution in [-0.4, -0.2) is 17.0 Å². The molecule has 0 saturated heterocycles. The van der Waals surface area contributed by atoms with Crippen LogP contribution in [0.2, 0.25) is 0 Å². The summed E-state index contributed by atoms with van der Waals surface area (Å²) in [6.45, 7) is 4.22. The van der Waals surface area contributed by atoms with E-state index in [4.69, 9.17) is 4.52 Å². The molecule has 7 heteroatoms. The number of carbonyl (C=O) groups excluding carboxylic acids is 2. The molecule has 0 atom stereocenters. The van der Waals surface area contributed by atoms with Crippen molar-refractivity contribution in [3.05, 3.63) is 77.2 Å². The van der Waals surface area contributed by atoms with Crippen LogP contribution < -0.4 is 10.6 Å². The number of aryl methyl sites for hydroxylation is 1. The van der Waals surface area contributed by atoms with Gasteiger partial charge in [0.25, 0.3) is 5.91 Å². The summed E-state index contributed by atoms with van der Waals surface area (Å²) in [5.41, 5.74) is 3.11. The number of nitrogens with one attached hydrogen (secondary N) is 2. The van der Waals surface area contributed by atoms with Crippen LogP contribution in [0.25, 0.3) is 0 Å². The lowest BCUT2D eigenvalue weighted by Crippen LogP contribution is -2.23. The highest BCUT2D eigenvalue weighted by Gasteiger charge is 2.12. The van der Waals surface area contributed by atoms with E-state index in [-0.39, 0.29) is 11.8 Å². The van der Waals surface area contributed by atoms with Crippen LogP contribution in [0.1, 0.15) is 47.1 Å². The Morgan fingerprint density at radius 1 is 1.10 bits per heavy atom. The summed E-state index contributed by atoms with van der Waals surface area (Å²) < 4.78 is 5.24. The average molecular weight is 424 g/mol. The van der Waals surface area contributed by atoms with Crippen molar-refractivity contribution in [2.45, 2.75) is 43.9 Å². The van der Waals surface area contributed by atoms with E-state index in [1.165, 1.54) is 11.8 Å². The van der Waals surface area contributed by atoms with Crippen molar-refractivity contribution in [3.63, 3.8) is 0 Å². The number of nitrogens with zero attached hydrogens (tertiary/aromatic N) is 1. The molecule has 0 unspecified atom stereocenters. The summed E-state index contributed by atoms with van der Waals surface area (Å²) in [7, 11) is 0. The zero-order valence-corrected chi connectivity index (χ0v) is 17.9. The molecular formula is C23H25N3O3S. The predicted molar refractivity (Wildman–Crippen MR) is 118 cm³/mol. The van der Waals surface area contributed by atoms with Gasteiger partial charge in [-0.2, -0.15) is 0 Å². The number of thioether (sulfide) groups is 1. The Kier molecular flexibility index (Phi) is 7.68. The SMILES string of the molecule is CCCC(=O)Nc1cccc(CNC(=O)c2ccccc2SCc2cc(C)no2)c1. The van der Waals surface area contributed by atoms with Crippen LogP contribution in [0.4, 0.5) is 5.69 Å². The maximum Gasteiger partial charge on any atom is 0.252 e. The summed E-state index contributed by atoms with van der Waals surface area (Å²) >= 11 is 1.54. The summed E-state index contributed by atoms with van der Waals surface area (Å²) in [5.74, 6) is 1.22. The van der Waals surface area contributed by atoms with Crippen molar-refractivity contribution in [1.29, 1.82) is 0 Å². The Balaban J connectivity index is 1.60. The molecule has 156 valence electrons. The quantitative estimate of drug-likeness (QED) is 0.476. The Hall–Kier alpha value is -3.06. The van der Waals surface area contributed by atoms with E-state index in [0.29, 0.717) is 24.3 Å². The molecule has 3 aromatic rings. The number of hydrogen-bond acceptors (Lipinski definition) is 5. The minimum atomic E-state index is -0.146. The van der Waals surface area contributed by atoms with Crippen LogP contribution in [0, 0.1) is 6.92 Å². The van der Waals surface area contributed by atoms with E-state index in [2.05, 4.69) is 15.8 Å². The first-order chi connectivity index (χ1) is 14.5. The van der Waals surface area contributed by atoms with Gasteiger partial charge in [-0.1, -0.05) is 36.3 Å². The first-order valence-electron chi connectivity index (χ1n) is 9.86. The van der Waals surface area contributed by atoms with Crippen molar-refractivity contribution >= 4 is 29.3 Å². The summed E-state index contributed by atoms with van der Waals surface area (Å²) in [6, 6.07) is 16.9. The van der Waals surface area contributed by atoms with Gasteiger partial charge in [0.2, 0.25) is 5.91 Å². The Labute approximate surface area is 180 Å². The molecule has 2 aromatic carbocycles. The molecular weight excluding hydrogens is 398 g/mol. The van der Waals surface area contributed by atoms with Gasteiger partial charge in [-0.25, -0.2) is 0 Å². The molecule has 0 fully saturated rings. The monoisotopic (exact) mass is 423 g/mol. The normalized spacial score (nSPS) is 10.6. The highest BCUT2D eigenvalue weighted by molar-refractivity contribution is 7.98. The number of rotatable bonds is 9. The van der Waals surface area contributed by atoms with E-state index < -0.39 is 0 Å². The molecule has 3 rings (SSSR count). The molecule has 0 saturated carbocycles. The van der Waals surface area contributed by atoms with Gasteiger partial charge in [-0.15, -0.1) is 11.8 Å². The third-order valence-electron chi connectivity index (χ3n) is 4.32. The zero-order chi connectivity index (χ0) is 21.3. The van der Waals surface area contributed by atoms with E-state index in [1.807, 2.05) is 68.4 Å². The lowest BCUT2D eigenvalue weighted by Gasteiger charge is -2.11. The largest absolute Gasteiger partial charge is 0.360 e. The van der Waals surface area contributed by atoms with Gasteiger partial charge in [-0.05, 0) is 43.2 Å². The Morgan fingerprint density at radius 2 is 1.93 bits per heavy atom. The minimum absolute atomic E-state index is 0.00779. The number of amides is 2. The topological polar surface area (TPSA) is 84.2 Å². The number of aromatic nitrogens is 1. The Bertz CT molecular complexity index is 1020. The molecule has 6 nitrogen and oxygen atoms in total. The molecule has 2 N–H and O–H groups in total. The van der Waals surface area contributed by atoms with Gasteiger partial charge in [0.15, 0.2) is 0 Å². The second-order valence-electron chi connectivity index (χ2n) is 6.90. The van der Waals surface area contributed by atoms with E-state index in [0.717, 1.165) is 34.0 Å². The van der Waals surface area contributed by atoms with E-state index >= 15 is 0 Å². The summed E-state index contributed by atoms with van der Waals surface area (Å²) in [5, 5.41) is 9.73. The van der Waals surface area contributed by atoms with Crippen molar-refractivity contribution in [2.24, 2.45) is 0 Å². The van der Waals surface area contributed by atoms with Gasteiger partial charge in [-0.3, -0.25) is 9.59 Å². The van der Waals surface area contributed by atoms with Crippen molar-refractivity contribution in [1.82, 2.24) is 10.5 Å². The fraction of sp³-hybridized carbons (Fsp3) is 0.261. The van der Waals surface area contributed by atoms with Crippen LogP contribution in [0.3, 0.4) is 0 Å². The molecule has 2 amide bonds. The first kappa shape index (κ1) is 21.6. The van der Waals surface area contributed by atoms with Crippen molar-refractivity contribution < 1.29 is 14.1 Å². The zero-order valence-electron chi connectivity index (χ0n) is 17.1. The van der Waals surface area contributed by atoms with Crippen LogP contribution in [0.5, 0.6) is 0 Å². The molecule has 0 spiro atoms. The molecule has 0 aliphatic heterocycles.